The molecule has 0 saturated carbocycles. The number of benzene rings is 3. The Morgan fingerprint density at radius 1 is 1.04 bits per heavy atom. The number of aryl methyl sites for hydroxylation is 1. The Hall–Kier alpha value is -2.50. The van der Waals surface area contributed by atoms with Crippen molar-refractivity contribution >= 4 is 24.5 Å². The Bertz CT molecular complexity index is 1030. The summed E-state index contributed by atoms with van der Waals surface area (Å²) < 4.78 is 15.8. The van der Waals surface area contributed by atoms with Gasteiger partial charge in [0, 0.05) is 5.56 Å². The Labute approximate surface area is 163 Å². The summed E-state index contributed by atoms with van der Waals surface area (Å²) in [6.45, 7) is 1.66. The molecule has 0 aliphatic rings. The van der Waals surface area contributed by atoms with E-state index in [1.807, 2.05) is 61.5 Å². The van der Waals surface area contributed by atoms with E-state index in [1.165, 1.54) is 0 Å². The van der Waals surface area contributed by atoms with Gasteiger partial charge in [0.15, 0.2) is 0 Å². The monoisotopic (exact) mass is 399 g/mol. The lowest BCUT2D eigenvalue weighted by molar-refractivity contribution is 0.0909. The molecule has 28 heavy (non-hydrogen) atoms. The molecule has 0 saturated heterocycles. The van der Waals surface area contributed by atoms with Crippen molar-refractivity contribution in [2.75, 3.05) is 6.61 Å². The molecule has 0 aliphatic heterocycles. The highest BCUT2D eigenvalue weighted by Gasteiger charge is 2.21. The second-order valence-electron chi connectivity index (χ2n) is 6.71. The lowest BCUT2D eigenvalue weighted by Crippen LogP contribution is -2.39. The highest BCUT2D eigenvalue weighted by Crippen LogP contribution is 2.35. The van der Waals surface area contributed by atoms with Crippen LogP contribution in [-0.2, 0) is 15.5 Å². The normalized spacial score (nSPS) is 12.7. The van der Waals surface area contributed by atoms with Gasteiger partial charge in [-0.05, 0) is 41.8 Å². The van der Waals surface area contributed by atoms with Crippen molar-refractivity contribution in [3.05, 3.63) is 83.4 Å². The molecule has 0 fully saturated rings. The predicted molar refractivity (Wildman–Crippen MR) is 108 cm³/mol. The third-order valence-electron chi connectivity index (χ3n) is 4.36. The molecule has 0 bridgehead atoms. The van der Waals surface area contributed by atoms with Crippen LogP contribution in [0.4, 0.5) is 0 Å². The molecule has 3 aromatic rings. The molecular formula is C21H22NO5P. The fourth-order valence-electron chi connectivity index (χ4n) is 3.06. The predicted octanol–water partition coefficient (Wildman–Crippen LogP) is 3.60. The van der Waals surface area contributed by atoms with E-state index in [0.29, 0.717) is 12.0 Å². The van der Waals surface area contributed by atoms with Crippen LogP contribution in [0.2, 0.25) is 0 Å². The van der Waals surface area contributed by atoms with E-state index < -0.39 is 13.9 Å². The summed E-state index contributed by atoms with van der Waals surface area (Å²) in [5.74, 6) is -0.322. The van der Waals surface area contributed by atoms with Crippen LogP contribution in [0.25, 0.3) is 10.8 Å². The maximum atomic E-state index is 12.7. The van der Waals surface area contributed by atoms with Gasteiger partial charge in [0.1, 0.15) is 0 Å². The lowest BCUT2D eigenvalue weighted by atomic mass is 10.0. The Morgan fingerprint density at radius 3 is 2.50 bits per heavy atom. The zero-order valence-electron chi connectivity index (χ0n) is 15.4. The number of phosphoric acid groups is 1. The van der Waals surface area contributed by atoms with Gasteiger partial charge in [0.2, 0.25) is 0 Å². The molecule has 6 nitrogen and oxygen atoms in total. The van der Waals surface area contributed by atoms with Gasteiger partial charge < -0.3 is 15.1 Å². The van der Waals surface area contributed by atoms with Crippen molar-refractivity contribution in [3.8, 4) is 0 Å². The third-order valence-corrected chi connectivity index (χ3v) is 4.84. The summed E-state index contributed by atoms with van der Waals surface area (Å²) in [6.07, 6.45) is 0.390. The fourth-order valence-corrected chi connectivity index (χ4v) is 3.44. The quantitative estimate of drug-likeness (QED) is 0.528. The van der Waals surface area contributed by atoms with Gasteiger partial charge >= 0.3 is 7.82 Å². The molecule has 3 rings (SSSR count). The molecule has 7 heteroatoms. The number of hydrogen-bond acceptors (Lipinski definition) is 3. The maximum absolute atomic E-state index is 12.7. The minimum atomic E-state index is -4.63. The summed E-state index contributed by atoms with van der Waals surface area (Å²) in [7, 11) is -4.63. The standard InChI is InChI=1S/C21H22NO5P/c1-15-5-4-6-16(11-15)12-20(14-27-28(24,25)26)22-21(23)19-10-9-17-7-2-3-8-18(17)13-19/h2-11,13,20H,12,14H2,1H3,(H,22,23)(H2,24,25,26)/t20-/m1/s1. The second kappa shape index (κ2) is 8.67. The lowest BCUT2D eigenvalue weighted by Gasteiger charge is -2.20. The van der Waals surface area contributed by atoms with Crippen LogP contribution >= 0.6 is 7.82 Å². The van der Waals surface area contributed by atoms with Gasteiger partial charge in [-0.2, -0.15) is 0 Å². The Morgan fingerprint density at radius 2 is 1.79 bits per heavy atom. The smallest absolute Gasteiger partial charge is 0.347 e. The zero-order chi connectivity index (χ0) is 20.1. The van der Waals surface area contributed by atoms with E-state index >= 15 is 0 Å². The van der Waals surface area contributed by atoms with Crippen molar-refractivity contribution in [1.29, 1.82) is 0 Å². The number of carbonyl (C=O) groups excluding carboxylic acids is 1. The molecule has 0 unspecified atom stereocenters. The van der Waals surface area contributed by atoms with Crippen molar-refractivity contribution in [1.82, 2.24) is 5.32 Å². The highest BCUT2D eigenvalue weighted by molar-refractivity contribution is 7.46. The topological polar surface area (TPSA) is 95.9 Å². The summed E-state index contributed by atoms with van der Waals surface area (Å²) in [4.78, 5) is 30.8. The van der Waals surface area contributed by atoms with E-state index in [9.17, 15) is 9.36 Å². The molecule has 0 radical (unpaired) electrons. The summed E-state index contributed by atoms with van der Waals surface area (Å²) in [6, 6.07) is 20.2. The van der Waals surface area contributed by atoms with Crippen LogP contribution in [0.5, 0.6) is 0 Å². The fraction of sp³-hybridized carbons (Fsp3) is 0.190. The van der Waals surface area contributed by atoms with Gasteiger partial charge in [-0.3, -0.25) is 9.32 Å². The van der Waals surface area contributed by atoms with E-state index in [1.54, 1.807) is 12.1 Å². The summed E-state index contributed by atoms with van der Waals surface area (Å²) in [5.41, 5.74) is 2.48. The molecule has 0 aliphatic carbocycles. The largest absolute Gasteiger partial charge is 0.469 e. The number of rotatable bonds is 7. The number of hydrogen-bond donors (Lipinski definition) is 3. The van der Waals surface area contributed by atoms with Crippen LogP contribution in [0, 0.1) is 6.92 Å². The van der Waals surface area contributed by atoms with Crippen molar-refractivity contribution in [2.45, 2.75) is 19.4 Å². The van der Waals surface area contributed by atoms with Crippen molar-refractivity contribution in [2.24, 2.45) is 0 Å². The van der Waals surface area contributed by atoms with Crippen LogP contribution in [-0.4, -0.2) is 28.3 Å². The summed E-state index contributed by atoms with van der Waals surface area (Å²) in [5, 5.41) is 4.80. The van der Waals surface area contributed by atoms with Gasteiger partial charge in [-0.15, -0.1) is 0 Å². The van der Waals surface area contributed by atoms with E-state index in [-0.39, 0.29) is 12.5 Å². The Kier molecular flexibility index (Phi) is 6.27. The van der Waals surface area contributed by atoms with Crippen LogP contribution in [0.15, 0.2) is 66.7 Å². The van der Waals surface area contributed by atoms with Crippen LogP contribution < -0.4 is 5.32 Å². The first kappa shape index (κ1) is 20.2. The molecule has 0 spiro atoms. The van der Waals surface area contributed by atoms with Gasteiger partial charge in [-0.25, -0.2) is 4.57 Å². The molecule has 0 aromatic heterocycles. The minimum absolute atomic E-state index is 0.294. The first-order valence-corrected chi connectivity index (χ1v) is 10.4. The molecule has 1 amide bonds. The van der Waals surface area contributed by atoms with E-state index in [4.69, 9.17) is 9.79 Å². The molecule has 0 heterocycles. The zero-order valence-corrected chi connectivity index (χ0v) is 16.3. The molecule has 1 atom stereocenters. The van der Waals surface area contributed by atoms with E-state index in [0.717, 1.165) is 21.9 Å². The number of phosphoric ester groups is 1. The number of nitrogens with one attached hydrogen (secondary N) is 1. The summed E-state index contributed by atoms with van der Waals surface area (Å²) >= 11 is 0. The highest BCUT2D eigenvalue weighted by atomic mass is 31.2. The SMILES string of the molecule is Cc1cccc(C[C@H](COP(=O)(O)O)NC(=O)c2ccc3ccccc3c2)c1. The second-order valence-corrected chi connectivity index (χ2v) is 7.95. The minimum Gasteiger partial charge on any atom is -0.347 e. The molecule has 3 N–H and O–H groups in total. The first-order valence-electron chi connectivity index (χ1n) is 8.85. The Balaban J connectivity index is 1.78. The number of carbonyl (C=O) groups is 1. The average molecular weight is 399 g/mol. The van der Waals surface area contributed by atoms with Crippen molar-refractivity contribution < 1.29 is 23.7 Å². The third kappa shape index (κ3) is 5.75. The van der Waals surface area contributed by atoms with Crippen molar-refractivity contribution in [3.63, 3.8) is 0 Å². The molecule has 146 valence electrons. The van der Waals surface area contributed by atoms with Gasteiger partial charge in [0.05, 0.1) is 12.6 Å². The van der Waals surface area contributed by atoms with Gasteiger partial charge in [-0.1, -0.05) is 60.2 Å². The molecule has 3 aromatic carbocycles. The first-order chi connectivity index (χ1) is 13.3. The van der Waals surface area contributed by atoms with Crippen LogP contribution in [0.1, 0.15) is 21.5 Å². The average Bonchev–Trinajstić information content (AvgIpc) is 2.65. The number of amides is 1. The van der Waals surface area contributed by atoms with E-state index in [2.05, 4.69) is 9.84 Å². The van der Waals surface area contributed by atoms with Crippen LogP contribution in [0.3, 0.4) is 0 Å². The number of fused-ring (bicyclic) bond motifs is 1. The molecular weight excluding hydrogens is 377 g/mol. The maximum Gasteiger partial charge on any atom is 0.469 e. The van der Waals surface area contributed by atoms with Gasteiger partial charge in [0.25, 0.3) is 5.91 Å².